The molecule has 11 nitrogen and oxygen atoms in total. The molecule has 0 bridgehead atoms. The van der Waals surface area contributed by atoms with E-state index in [4.69, 9.17) is 9.98 Å². The van der Waals surface area contributed by atoms with Crippen molar-refractivity contribution in [2.75, 3.05) is 41.3 Å². The van der Waals surface area contributed by atoms with Crippen LogP contribution in [-0.4, -0.2) is 105 Å². The van der Waals surface area contributed by atoms with Gasteiger partial charge in [0.2, 0.25) is 11.8 Å². The van der Waals surface area contributed by atoms with Crippen LogP contribution in [0.25, 0.3) is 28.1 Å². The van der Waals surface area contributed by atoms with E-state index in [2.05, 4.69) is 27.3 Å². The third-order valence-corrected chi connectivity index (χ3v) is 11.3. The second kappa shape index (κ2) is 16.1. The molecule has 3 aromatic carbocycles. The highest BCUT2D eigenvalue weighted by Crippen LogP contribution is 2.36. The van der Waals surface area contributed by atoms with Crippen LogP contribution in [0, 0.1) is 0 Å². The molecular weight excluding hydrogens is 699 g/mol. The van der Waals surface area contributed by atoms with Gasteiger partial charge in [-0.25, -0.2) is 4.98 Å². The lowest BCUT2D eigenvalue weighted by Crippen LogP contribution is -2.45. The molecule has 3 aliphatic rings. The van der Waals surface area contributed by atoms with Crippen LogP contribution >= 0.6 is 0 Å². The standard InChI is InChI=1S/C45H49N9O2/c1-51(2)41(32-13-7-5-8-14-32)44(55)53-25-11-17-39(53)37-27-34(28-46-37)36-24-23-35(49-50-36)30-19-21-31(22-20-30)38-29-47-43(48-38)40-18-12-26-54(40)45(56)42(52(3)4)33-15-9-6-10-16-33/h5-10,13-16,19-24,28-29,39-42H,11-12,17-18,25-27H2,1-4H3,(H,47,48)/t39-,40-,41+,42+/m0/s1. The number of aromatic amines is 1. The molecule has 0 spiro atoms. The summed E-state index contributed by atoms with van der Waals surface area (Å²) < 4.78 is 0. The summed E-state index contributed by atoms with van der Waals surface area (Å²) in [7, 11) is 7.83. The molecule has 5 aromatic rings. The van der Waals surface area contributed by atoms with Gasteiger partial charge in [0.25, 0.3) is 0 Å². The van der Waals surface area contributed by atoms with Gasteiger partial charge in [0.1, 0.15) is 17.9 Å². The molecule has 0 saturated carbocycles. The van der Waals surface area contributed by atoms with E-state index < -0.39 is 0 Å². The normalized spacial score (nSPS) is 19.4. The summed E-state index contributed by atoms with van der Waals surface area (Å²) in [5.74, 6) is 1.03. The highest BCUT2D eigenvalue weighted by atomic mass is 16.2. The van der Waals surface area contributed by atoms with Gasteiger partial charge in [0.15, 0.2) is 0 Å². The van der Waals surface area contributed by atoms with Crippen molar-refractivity contribution < 1.29 is 9.59 Å². The first-order valence-electron chi connectivity index (χ1n) is 19.6. The Labute approximate surface area is 328 Å². The van der Waals surface area contributed by atoms with Crippen molar-refractivity contribution in [2.45, 2.75) is 56.3 Å². The van der Waals surface area contributed by atoms with Crippen LogP contribution in [0.5, 0.6) is 0 Å². The predicted octanol–water partition coefficient (Wildman–Crippen LogP) is 6.98. The number of hydrogen-bond donors (Lipinski definition) is 1. The summed E-state index contributed by atoms with van der Waals surface area (Å²) in [6.07, 6.45) is 8.07. The molecule has 0 unspecified atom stereocenters. The van der Waals surface area contributed by atoms with Crippen molar-refractivity contribution in [3.8, 4) is 22.5 Å². The molecule has 0 radical (unpaired) electrons. The predicted molar refractivity (Wildman–Crippen MR) is 219 cm³/mol. The van der Waals surface area contributed by atoms with Gasteiger partial charge in [-0.1, -0.05) is 84.9 Å². The molecule has 3 aliphatic heterocycles. The number of nitrogens with zero attached hydrogens (tertiary/aromatic N) is 8. The van der Waals surface area contributed by atoms with Gasteiger partial charge in [-0.2, -0.15) is 5.10 Å². The summed E-state index contributed by atoms with van der Waals surface area (Å²) in [5, 5.41) is 9.20. The number of likely N-dealkylation sites (N-methyl/N-ethyl adjacent to an activating group) is 2. The fraction of sp³-hybridized carbons (Fsp3) is 0.333. The second-order valence-corrected chi connectivity index (χ2v) is 15.4. The van der Waals surface area contributed by atoms with Crippen molar-refractivity contribution in [3.63, 3.8) is 0 Å². The molecule has 5 heterocycles. The summed E-state index contributed by atoms with van der Waals surface area (Å²) in [5.41, 5.74) is 8.45. The van der Waals surface area contributed by atoms with Crippen LogP contribution in [0.15, 0.2) is 114 Å². The number of imidazole rings is 1. The van der Waals surface area contributed by atoms with Gasteiger partial charge in [-0.3, -0.25) is 24.4 Å². The molecule has 2 amide bonds. The Morgan fingerprint density at radius 1 is 0.679 bits per heavy atom. The molecular formula is C45H49N9O2. The number of aromatic nitrogens is 4. The summed E-state index contributed by atoms with van der Waals surface area (Å²) in [6.45, 7) is 1.44. The minimum atomic E-state index is -0.349. The Balaban J connectivity index is 0.901. The van der Waals surface area contributed by atoms with E-state index in [-0.39, 0.29) is 36.0 Å². The summed E-state index contributed by atoms with van der Waals surface area (Å²) in [6, 6.07) is 31.4. The van der Waals surface area contributed by atoms with Crippen LogP contribution in [0.3, 0.4) is 0 Å². The maximum atomic E-state index is 13.9. The van der Waals surface area contributed by atoms with Gasteiger partial charge in [-0.15, -0.1) is 5.10 Å². The smallest absolute Gasteiger partial charge is 0.245 e. The van der Waals surface area contributed by atoms with E-state index >= 15 is 0 Å². The Hall–Kier alpha value is -5.78. The lowest BCUT2D eigenvalue weighted by Gasteiger charge is -2.32. The first-order valence-corrected chi connectivity index (χ1v) is 19.6. The van der Waals surface area contributed by atoms with E-state index in [1.165, 1.54) is 0 Å². The van der Waals surface area contributed by atoms with Gasteiger partial charge < -0.3 is 14.8 Å². The number of likely N-dealkylation sites (tertiary alicyclic amines) is 2. The molecule has 11 heteroatoms. The number of benzene rings is 3. The molecule has 2 saturated heterocycles. The molecule has 0 aliphatic carbocycles. The van der Waals surface area contributed by atoms with Crippen molar-refractivity contribution in [1.82, 2.24) is 39.8 Å². The average molecular weight is 748 g/mol. The van der Waals surface area contributed by atoms with Crippen LogP contribution in [0.4, 0.5) is 0 Å². The molecule has 286 valence electrons. The maximum Gasteiger partial charge on any atom is 0.245 e. The quantitative estimate of drug-likeness (QED) is 0.155. The topological polar surface area (TPSA) is 114 Å². The number of aliphatic imine (C=N–C) groups is 1. The Morgan fingerprint density at radius 3 is 1.79 bits per heavy atom. The Morgan fingerprint density at radius 2 is 1.21 bits per heavy atom. The zero-order valence-corrected chi connectivity index (χ0v) is 32.5. The Bertz CT molecular complexity index is 2210. The molecule has 8 rings (SSSR count). The van der Waals surface area contributed by atoms with E-state index in [0.29, 0.717) is 13.0 Å². The minimum absolute atomic E-state index is 0.0197. The van der Waals surface area contributed by atoms with Crippen molar-refractivity contribution in [1.29, 1.82) is 0 Å². The van der Waals surface area contributed by atoms with Crippen LogP contribution in [-0.2, 0) is 9.59 Å². The number of H-pyrrole nitrogens is 1. The average Bonchev–Trinajstić information content (AvgIpc) is 4.06. The van der Waals surface area contributed by atoms with E-state index in [0.717, 1.165) is 88.7 Å². The van der Waals surface area contributed by atoms with E-state index in [9.17, 15) is 9.59 Å². The number of carbonyl (C=O) groups is 2. The maximum absolute atomic E-state index is 13.9. The van der Waals surface area contributed by atoms with Gasteiger partial charge >= 0.3 is 0 Å². The highest BCUT2D eigenvalue weighted by Gasteiger charge is 2.39. The number of hydrogen-bond acceptors (Lipinski definition) is 8. The van der Waals surface area contributed by atoms with Gasteiger partial charge in [0, 0.05) is 42.6 Å². The third kappa shape index (κ3) is 7.44. The molecule has 4 atom stereocenters. The van der Waals surface area contributed by atoms with Crippen LogP contribution in [0.1, 0.15) is 72.9 Å². The highest BCUT2D eigenvalue weighted by molar-refractivity contribution is 6.03. The minimum Gasteiger partial charge on any atom is -0.340 e. The summed E-state index contributed by atoms with van der Waals surface area (Å²) >= 11 is 0. The fourth-order valence-corrected chi connectivity index (χ4v) is 8.54. The van der Waals surface area contributed by atoms with Crippen molar-refractivity contribution >= 4 is 23.1 Å². The summed E-state index contributed by atoms with van der Waals surface area (Å²) in [4.78, 5) is 48.9. The van der Waals surface area contributed by atoms with E-state index in [1.54, 1.807) is 0 Å². The largest absolute Gasteiger partial charge is 0.340 e. The van der Waals surface area contributed by atoms with Gasteiger partial charge in [0.05, 0.1) is 35.4 Å². The lowest BCUT2D eigenvalue weighted by molar-refractivity contribution is -0.137. The second-order valence-electron chi connectivity index (χ2n) is 15.4. The first kappa shape index (κ1) is 37.2. The molecule has 2 aromatic heterocycles. The number of carbonyl (C=O) groups excluding carboxylic acids is 2. The van der Waals surface area contributed by atoms with Crippen molar-refractivity contribution in [3.05, 3.63) is 132 Å². The monoisotopic (exact) mass is 747 g/mol. The SMILES string of the molecule is CN(C)[C@@H](C(=O)N1CCC[C@H]1C1=NC=C(c2ccc(-c3ccc(-c4cnc([C@@H]5CCCN5C(=O)[C@@H](c5ccccc5)N(C)C)[nH]4)cc3)nn2)C1)c1ccccc1. The zero-order chi connectivity index (χ0) is 38.8. The lowest BCUT2D eigenvalue weighted by atomic mass is 9.99. The fourth-order valence-electron chi connectivity index (χ4n) is 8.54. The Kier molecular flexibility index (Phi) is 10.7. The van der Waals surface area contributed by atoms with E-state index in [1.807, 2.05) is 145 Å². The number of rotatable bonds is 11. The molecule has 2 fully saturated rings. The number of nitrogens with one attached hydrogen (secondary N) is 1. The third-order valence-electron chi connectivity index (χ3n) is 11.3. The number of allylic oxidation sites excluding steroid dienone is 1. The number of amides is 2. The zero-order valence-electron chi connectivity index (χ0n) is 32.5. The molecule has 56 heavy (non-hydrogen) atoms. The molecule has 1 N–H and O–H groups in total. The van der Waals surface area contributed by atoms with Crippen LogP contribution < -0.4 is 0 Å². The first-order chi connectivity index (χ1) is 27.3. The van der Waals surface area contributed by atoms with Gasteiger partial charge in [-0.05, 0) is 82.7 Å². The van der Waals surface area contributed by atoms with Crippen LogP contribution in [0.2, 0.25) is 0 Å². The van der Waals surface area contributed by atoms with Crippen molar-refractivity contribution in [2.24, 2.45) is 4.99 Å².